The van der Waals surface area contributed by atoms with Gasteiger partial charge in [0.15, 0.2) is 5.69 Å². The fourth-order valence-electron chi connectivity index (χ4n) is 1.80. The van der Waals surface area contributed by atoms with Crippen molar-refractivity contribution >= 4 is 11.8 Å². The summed E-state index contributed by atoms with van der Waals surface area (Å²) < 4.78 is 0. The highest BCUT2D eigenvalue weighted by atomic mass is 14.6. The molecule has 2 rings (SSSR count). The van der Waals surface area contributed by atoms with E-state index < -0.39 is 0 Å². The summed E-state index contributed by atoms with van der Waals surface area (Å²) in [5.41, 5.74) is 4.83. The average Bonchev–Trinajstić information content (AvgIpc) is 2.59. The van der Waals surface area contributed by atoms with Crippen LogP contribution in [0.4, 0.5) is 5.69 Å². The molecular formula is C13H13N. The normalized spacial score (nSPS) is 13.7. The summed E-state index contributed by atoms with van der Waals surface area (Å²) in [5, 5.41) is 0. The van der Waals surface area contributed by atoms with Gasteiger partial charge in [0.2, 0.25) is 0 Å². The molecule has 0 fully saturated rings. The molecule has 0 atom stereocenters. The molecule has 1 nitrogen and oxygen atoms in total. The Labute approximate surface area is 84.9 Å². The van der Waals surface area contributed by atoms with Gasteiger partial charge in [-0.05, 0) is 23.5 Å². The van der Waals surface area contributed by atoms with Crippen molar-refractivity contribution in [3.05, 3.63) is 46.3 Å². The van der Waals surface area contributed by atoms with Crippen LogP contribution in [0.3, 0.4) is 0 Å². The van der Waals surface area contributed by atoms with Gasteiger partial charge in [0.05, 0.1) is 6.57 Å². The molecule has 0 saturated heterocycles. The van der Waals surface area contributed by atoms with Crippen LogP contribution in [-0.4, -0.2) is 0 Å². The second kappa shape index (κ2) is 3.31. The minimum atomic E-state index is 0.610. The number of allylic oxidation sites excluding steroid dienone is 1. The third-order valence-corrected chi connectivity index (χ3v) is 2.73. The van der Waals surface area contributed by atoms with Gasteiger partial charge in [0.1, 0.15) is 0 Å². The van der Waals surface area contributed by atoms with Crippen molar-refractivity contribution in [1.82, 2.24) is 0 Å². The molecule has 0 spiro atoms. The number of hydrogen-bond donors (Lipinski definition) is 0. The standard InChI is InChI=1S/C13H13N/c1-9(2)11-6-10-4-5-13(14-3)8-12(10)7-11/h4-6,8-9H,7H2,1-2H3. The van der Waals surface area contributed by atoms with Crippen LogP contribution in [0.2, 0.25) is 0 Å². The topological polar surface area (TPSA) is 4.36 Å². The fraction of sp³-hybridized carbons (Fsp3) is 0.308. The summed E-state index contributed by atoms with van der Waals surface area (Å²) in [6.45, 7) is 11.4. The van der Waals surface area contributed by atoms with Gasteiger partial charge in [-0.25, -0.2) is 4.85 Å². The molecule has 0 aliphatic heterocycles. The first-order valence-electron chi connectivity index (χ1n) is 4.91. The first kappa shape index (κ1) is 9.02. The minimum absolute atomic E-state index is 0.610. The van der Waals surface area contributed by atoms with Gasteiger partial charge >= 0.3 is 0 Å². The van der Waals surface area contributed by atoms with Gasteiger partial charge in [0, 0.05) is 0 Å². The Morgan fingerprint density at radius 1 is 1.36 bits per heavy atom. The van der Waals surface area contributed by atoms with Crippen LogP contribution in [-0.2, 0) is 6.42 Å². The second-order valence-corrected chi connectivity index (χ2v) is 4.05. The molecule has 1 heteroatoms. The van der Waals surface area contributed by atoms with Gasteiger partial charge in [-0.3, -0.25) is 0 Å². The van der Waals surface area contributed by atoms with Crippen molar-refractivity contribution in [1.29, 1.82) is 0 Å². The number of rotatable bonds is 1. The molecule has 1 aromatic rings. The lowest BCUT2D eigenvalue weighted by atomic mass is 10.0. The van der Waals surface area contributed by atoms with E-state index in [1.54, 1.807) is 0 Å². The van der Waals surface area contributed by atoms with Crippen LogP contribution in [0.5, 0.6) is 0 Å². The van der Waals surface area contributed by atoms with E-state index in [2.05, 4.69) is 30.8 Å². The SMILES string of the molecule is [C-]#[N+]c1ccc2c(c1)CC(C(C)C)=C2. The third-order valence-electron chi connectivity index (χ3n) is 2.73. The van der Waals surface area contributed by atoms with Gasteiger partial charge in [-0.1, -0.05) is 43.7 Å². The molecule has 0 radical (unpaired) electrons. The van der Waals surface area contributed by atoms with Gasteiger partial charge in [-0.2, -0.15) is 0 Å². The Kier molecular flexibility index (Phi) is 2.13. The first-order valence-corrected chi connectivity index (χ1v) is 4.91. The molecule has 1 aliphatic rings. The van der Waals surface area contributed by atoms with E-state index in [0.29, 0.717) is 5.92 Å². The third kappa shape index (κ3) is 1.44. The molecule has 0 saturated carbocycles. The maximum Gasteiger partial charge on any atom is 0.187 e. The monoisotopic (exact) mass is 183 g/mol. The Bertz CT molecular complexity index is 433. The molecule has 0 aromatic heterocycles. The Morgan fingerprint density at radius 2 is 2.14 bits per heavy atom. The summed E-state index contributed by atoms with van der Waals surface area (Å²) >= 11 is 0. The Hall–Kier alpha value is -1.55. The number of hydrogen-bond acceptors (Lipinski definition) is 0. The van der Waals surface area contributed by atoms with E-state index in [0.717, 1.165) is 12.1 Å². The molecule has 0 bridgehead atoms. The van der Waals surface area contributed by atoms with Gasteiger partial charge in [0.25, 0.3) is 0 Å². The van der Waals surface area contributed by atoms with Crippen molar-refractivity contribution in [2.45, 2.75) is 20.3 Å². The fourth-order valence-corrected chi connectivity index (χ4v) is 1.80. The lowest BCUT2D eigenvalue weighted by Crippen LogP contribution is -1.92. The van der Waals surface area contributed by atoms with Crippen LogP contribution < -0.4 is 0 Å². The average molecular weight is 183 g/mol. The zero-order chi connectivity index (χ0) is 10.1. The van der Waals surface area contributed by atoms with E-state index in [-0.39, 0.29) is 0 Å². The summed E-state index contributed by atoms with van der Waals surface area (Å²) in [7, 11) is 0. The largest absolute Gasteiger partial charge is 0.238 e. The highest BCUT2D eigenvalue weighted by Crippen LogP contribution is 2.31. The van der Waals surface area contributed by atoms with E-state index in [9.17, 15) is 0 Å². The molecule has 0 unspecified atom stereocenters. The zero-order valence-corrected chi connectivity index (χ0v) is 8.54. The highest BCUT2D eigenvalue weighted by Gasteiger charge is 2.14. The zero-order valence-electron chi connectivity index (χ0n) is 8.54. The van der Waals surface area contributed by atoms with E-state index in [1.165, 1.54) is 16.7 Å². The summed E-state index contributed by atoms with van der Waals surface area (Å²) in [5.74, 6) is 0.610. The highest BCUT2D eigenvalue weighted by molar-refractivity contribution is 5.67. The Morgan fingerprint density at radius 3 is 2.79 bits per heavy atom. The lowest BCUT2D eigenvalue weighted by Gasteiger charge is -2.04. The number of nitrogens with zero attached hydrogens (tertiary/aromatic N) is 1. The maximum atomic E-state index is 6.95. The van der Waals surface area contributed by atoms with E-state index >= 15 is 0 Å². The smallest absolute Gasteiger partial charge is 0.187 e. The van der Waals surface area contributed by atoms with Crippen LogP contribution >= 0.6 is 0 Å². The molecular weight excluding hydrogens is 170 g/mol. The second-order valence-electron chi connectivity index (χ2n) is 4.05. The predicted molar refractivity (Wildman–Crippen MR) is 59.2 cm³/mol. The molecule has 14 heavy (non-hydrogen) atoms. The summed E-state index contributed by atoms with van der Waals surface area (Å²) in [6.07, 6.45) is 3.28. The van der Waals surface area contributed by atoms with Crippen LogP contribution in [0, 0.1) is 12.5 Å². The first-order chi connectivity index (χ1) is 6.70. The van der Waals surface area contributed by atoms with Crippen molar-refractivity contribution in [2.75, 3.05) is 0 Å². The summed E-state index contributed by atoms with van der Waals surface area (Å²) in [4.78, 5) is 3.44. The molecule has 0 N–H and O–H groups in total. The molecule has 1 aromatic carbocycles. The maximum absolute atomic E-state index is 6.95. The predicted octanol–water partition coefficient (Wildman–Crippen LogP) is 3.83. The molecule has 0 amide bonds. The summed E-state index contributed by atoms with van der Waals surface area (Å²) in [6, 6.07) is 5.96. The quantitative estimate of drug-likeness (QED) is 0.583. The van der Waals surface area contributed by atoms with Crippen LogP contribution in [0.1, 0.15) is 25.0 Å². The Balaban J connectivity index is 2.37. The molecule has 70 valence electrons. The van der Waals surface area contributed by atoms with Crippen molar-refractivity contribution in [3.8, 4) is 0 Å². The van der Waals surface area contributed by atoms with Crippen molar-refractivity contribution < 1.29 is 0 Å². The van der Waals surface area contributed by atoms with Crippen LogP contribution in [0.15, 0.2) is 23.8 Å². The number of benzene rings is 1. The van der Waals surface area contributed by atoms with Gasteiger partial charge < -0.3 is 0 Å². The van der Waals surface area contributed by atoms with Crippen molar-refractivity contribution in [3.63, 3.8) is 0 Å². The van der Waals surface area contributed by atoms with Crippen LogP contribution in [0.25, 0.3) is 10.9 Å². The molecule has 0 heterocycles. The van der Waals surface area contributed by atoms with E-state index in [1.807, 2.05) is 12.1 Å². The van der Waals surface area contributed by atoms with Gasteiger partial charge in [-0.15, -0.1) is 0 Å². The minimum Gasteiger partial charge on any atom is -0.238 e. The van der Waals surface area contributed by atoms with Crippen molar-refractivity contribution in [2.24, 2.45) is 5.92 Å². The van der Waals surface area contributed by atoms with E-state index in [4.69, 9.17) is 6.57 Å². The lowest BCUT2D eigenvalue weighted by molar-refractivity contribution is 0.755. The molecule has 1 aliphatic carbocycles. The number of fused-ring (bicyclic) bond motifs is 1.